The molecule has 1 fully saturated rings. The fourth-order valence-corrected chi connectivity index (χ4v) is 3.12. The van der Waals surface area contributed by atoms with Gasteiger partial charge in [-0.15, -0.1) is 11.3 Å². The first-order valence-electron chi connectivity index (χ1n) is 7.19. The van der Waals surface area contributed by atoms with E-state index >= 15 is 0 Å². The summed E-state index contributed by atoms with van der Waals surface area (Å²) < 4.78 is 0. The highest BCUT2D eigenvalue weighted by Gasteiger charge is 2.32. The van der Waals surface area contributed by atoms with Crippen LogP contribution in [-0.2, 0) is 17.8 Å². The molecule has 1 aliphatic rings. The van der Waals surface area contributed by atoms with Crippen molar-refractivity contribution < 1.29 is 4.79 Å². The average molecular weight is 285 g/mol. The zero-order chi connectivity index (χ0) is 13.8. The molecule has 0 aliphatic heterocycles. The largest absolute Gasteiger partial charge is 0.335 e. The van der Waals surface area contributed by atoms with Crippen LogP contribution in [0.2, 0.25) is 0 Å². The van der Waals surface area contributed by atoms with Crippen LogP contribution in [0.5, 0.6) is 0 Å². The monoisotopic (exact) mass is 285 g/mol. The molecule has 1 aromatic heterocycles. The third-order valence-corrected chi connectivity index (χ3v) is 4.61. The molecular weight excluding hydrogens is 266 g/mol. The Bertz CT molecular complexity index is 546. The topological polar surface area (TPSA) is 20.3 Å². The molecule has 1 aliphatic carbocycles. The van der Waals surface area contributed by atoms with Gasteiger partial charge < -0.3 is 4.90 Å². The molecule has 0 N–H and O–H groups in total. The number of benzene rings is 1. The summed E-state index contributed by atoms with van der Waals surface area (Å²) in [7, 11) is 0. The third kappa shape index (κ3) is 3.48. The minimum atomic E-state index is 0.296. The minimum absolute atomic E-state index is 0.296. The highest BCUT2D eigenvalue weighted by Crippen LogP contribution is 2.29. The number of aryl methyl sites for hydroxylation is 1. The van der Waals surface area contributed by atoms with Crippen LogP contribution in [0.25, 0.3) is 0 Å². The first-order valence-corrected chi connectivity index (χ1v) is 8.06. The van der Waals surface area contributed by atoms with E-state index in [-0.39, 0.29) is 0 Å². The van der Waals surface area contributed by atoms with Gasteiger partial charge in [0, 0.05) is 23.9 Å². The van der Waals surface area contributed by atoms with Crippen molar-refractivity contribution in [1.82, 2.24) is 4.90 Å². The number of carbonyl (C=O) groups excluding carboxylic acids is 1. The maximum Gasteiger partial charge on any atom is 0.223 e. The summed E-state index contributed by atoms with van der Waals surface area (Å²) in [6.07, 6.45) is 3.83. The number of nitrogens with zero attached hydrogens (tertiary/aromatic N) is 1. The van der Waals surface area contributed by atoms with Crippen molar-refractivity contribution >= 4 is 17.2 Å². The van der Waals surface area contributed by atoms with Crippen molar-refractivity contribution in [1.29, 1.82) is 0 Å². The lowest BCUT2D eigenvalue weighted by atomic mass is 10.2. The Morgan fingerprint density at radius 2 is 1.95 bits per heavy atom. The van der Waals surface area contributed by atoms with Crippen molar-refractivity contribution in [3.8, 4) is 0 Å². The van der Waals surface area contributed by atoms with E-state index in [9.17, 15) is 4.79 Å². The quantitative estimate of drug-likeness (QED) is 0.789. The van der Waals surface area contributed by atoms with Crippen LogP contribution >= 0.6 is 11.3 Å². The first-order chi connectivity index (χ1) is 9.83. The van der Waals surface area contributed by atoms with Crippen LogP contribution in [0.15, 0.2) is 47.8 Å². The first kappa shape index (κ1) is 13.4. The van der Waals surface area contributed by atoms with Gasteiger partial charge in [0.1, 0.15) is 0 Å². The predicted octanol–water partition coefficient (Wildman–Crippen LogP) is 3.87. The maximum absolute atomic E-state index is 12.5. The summed E-state index contributed by atoms with van der Waals surface area (Å²) in [5, 5.41) is 2.07. The summed E-state index contributed by atoms with van der Waals surface area (Å²) in [5.41, 5.74) is 1.23. The molecule has 1 amide bonds. The molecule has 0 unspecified atom stereocenters. The number of thiophene rings is 1. The van der Waals surface area contributed by atoms with Gasteiger partial charge in [0.15, 0.2) is 0 Å². The second-order valence-corrected chi connectivity index (χ2v) is 6.35. The van der Waals surface area contributed by atoms with Crippen molar-refractivity contribution in [2.24, 2.45) is 0 Å². The van der Waals surface area contributed by atoms with Crippen LogP contribution in [0.3, 0.4) is 0 Å². The van der Waals surface area contributed by atoms with Crippen molar-refractivity contribution in [3.05, 3.63) is 58.3 Å². The lowest BCUT2D eigenvalue weighted by molar-refractivity contribution is -0.132. The zero-order valence-electron chi connectivity index (χ0n) is 11.5. The number of amides is 1. The molecule has 0 radical (unpaired) electrons. The van der Waals surface area contributed by atoms with Gasteiger partial charge >= 0.3 is 0 Å². The van der Waals surface area contributed by atoms with Gasteiger partial charge in [-0.1, -0.05) is 36.4 Å². The second-order valence-electron chi connectivity index (χ2n) is 5.32. The summed E-state index contributed by atoms with van der Waals surface area (Å²) >= 11 is 1.73. The van der Waals surface area contributed by atoms with Crippen LogP contribution in [-0.4, -0.2) is 16.8 Å². The van der Waals surface area contributed by atoms with Gasteiger partial charge in [-0.2, -0.15) is 0 Å². The predicted molar refractivity (Wildman–Crippen MR) is 82.7 cm³/mol. The van der Waals surface area contributed by atoms with Crippen molar-refractivity contribution in [3.63, 3.8) is 0 Å². The molecule has 0 atom stereocenters. The summed E-state index contributed by atoms with van der Waals surface area (Å²) in [6, 6.07) is 14.9. The molecule has 3 rings (SSSR count). The average Bonchev–Trinajstić information content (AvgIpc) is 3.19. The summed E-state index contributed by atoms with van der Waals surface area (Å²) in [6.45, 7) is 0.759. The SMILES string of the molecule is O=C(CCc1cccs1)N(Cc1ccccc1)C1CC1. The van der Waals surface area contributed by atoms with Gasteiger partial charge in [-0.25, -0.2) is 0 Å². The Kier molecular flexibility index (Phi) is 4.16. The molecular formula is C17H19NOS. The molecule has 2 aromatic rings. The molecule has 1 aromatic carbocycles. The second kappa shape index (κ2) is 6.23. The van der Waals surface area contributed by atoms with E-state index in [1.165, 1.54) is 10.4 Å². The fraction of sp³-hybridized carbons (Fsp3) is 0.353. The molecule has 1 saturated carbocycles. The molecule has 20 heavy (non-hydrogen) atoms. The number of hydrogen-bond acceptors (Lipinski definition) is 2. The minimum Gasteiger partial charge on any atom is -0.335 e. The molecule has 3 heteroatoms. The van der Waals surface area contributed by atoms with E-state index < -0.39 is 0 Å². The van der Waals surface area contributed by atoms with E-state index in [0.717, 1.165) is 25.8 Å². The van der Waals surface area contributed by atoms with E-state index in [2.05, 4.69) is 28.5 Å². The molecule has 1 heterocycles. The van der Waals surface area contributed by atoms with Gasteiger partial charge in [0.25, 0.3) is 0 Å². The Balaban J connectivity index is 1.60. The highest BCUT2D eigenvalue weighted by atomic mass is 32.1. The van der Waals surface area contributed by atoms with E-state index in [4.69, 9.17) is 0 Å². The van der Waals surface area contributed by atoms with E-state index in [1.807, 2.05) is 24.3 Å². The van der Waals surface area contributed by atoms with Gasteiger partial charge in [0.05, 0.1) is 0 Å². The van der Waals surface area contributed by atoms with Crippen molar-refractivity contribution in [2.75, 3.05) is 0 Å². The smallest absolute Gasteiger partial charge is 0.223 e. The van der Waals surface area contributed by atoms with Gasteiger partial charge in [-0.05, 0) is 36.3 Å². The number of carbonyl (C=O) groups is 1. The Hall–Kier alpha value is -1.61. The number of rotatable bonds is 6. The van der Waals surface area contributed by atoms with Crippen LogP contribution < -0.4 is 0 Å². The Labute approximate surface area is 124 Å². The molecule has 0 bridgehead atoms. The molecule has 0 saturated heterocycles. The highest BCUT2D eigenvalue weighted by molar-refractivity contribution is 7.09. The van der Waals surface area contributed by atoms with Crippen LogP contribution in [0.1, 0.15) is 29.7 Å². The fourth-order valence-electron chi connectivity index (χ4n) is 2.42. The zero-order valence-corrected chi connectivity index (χ0v) is 12.3. The lowest BCUT2D eigenvalue weighted by Gasteiger charge is -2.22. The van der Waals surface area contributed by atoms with Crippen LogP contribution in [0.4, 0.5) is 0 Å². The molecule has 0 spiro atoms. The van der Waals surface area contributed by atoms with Gasteiger partial charge in [0.2, 0.25) is 5.91 Å². The third-order valence-electron chi connectivity index (χ3n) is 3.67. The Morgan fingerprint density at radius 1 is 1.15 bits per heavy atom. The lowest BCUT2D eigenvalue weighted by Crippen LogP contribution is -2.32. The van der Waals surface area contributed by atoms with Crippen LogP contribution in [0, 0.1) is 0 Å². The van der Waals surface area contributed by atoms with Crippen molar-refractivity contribution in [2.45, 2.75) is 38.3 Å². The number of hydrogen-bond donors (Lipinski definition) is 0. The summed E-state index contributed by atoms with van der Waals surface area (Å²) in [5.74, 6) is 0.296. The van der Waals surface area contributed by atoms with E-state index in [0.29, 0.717) is 18.4 Å². The maximum atomic E-state index is 12.5. The standard InChI is InChI=1S/C17H19NOS/c19-17(11-10-16-7-4-12-20-16)18(15-8-9-15)13-14-5-2-1-3-6-14/h1-7,12,15H,8-11,13H2. The Morgan fingerprint density at radius 3 is 2.60 bits per heavy atom. The van der Waals surface area contributed by atoms with Gasteiger partial charge in [-0.3, -0.25) is 4.79 Å². The van der Waals surface area contributed by atoms with E-state index in [1.54, 1.807) is 11.3 Å². The normalized spacial score (nSPS) is 14.2. The molecule has 104 valence electrons. The summed E-state index contributed by atoms with van der Waals surface area (Å²) in [4.78, 5) is 15.8. The molecule has 2 nitrogen and oxygen atoms in total.